The Bertz CT molecular complexity index is 793. The maximum Gasteiger partial charge on any atom is 0.251 e. The van der Waals surface area contributed by atoms with Crippen LogP contribution in [-0.4, -0.2) is 12.5 Å². The predicted octanol–water partition coefficient (Wildman–Crippen LogP) is 6.88. The third-order valence-corrected chi connectivity index (χ3v) is 6.02. The summed E-state index contributed by atoms with van der Waals surface area (Å²) in [6.45, 7) is 6.43. The Morgan fingerprint density at radius 1 is 0.906 bits per heavy atom. The van der Waals surface area contributed by atoms with Gasteiger partial charge >= 0.3 is 0 Å². The third kappa shape index (κ3) is 10.0. The molecule has 1 aromatic heterocycles. The summed E-state index contributed by atoms with van der Waals surface area (Å²) in [4.78, 5) is 12.4. The van der Waals surface area contributed by atoms with Gasteiger partial charge in [-0.15, -0.1) is 0 Å². The van der Waals surface area contributed by atoms with Gasteiger partial charge in [0.1, 0.15) is 12.3 Å². The molecular formula is C27H40ClN2O2+. The fraction of sp³-hybridized carbons (Fsp3) is 0.556. The summed E-state index contributed by atoms with van der Waals surface area (Å²) < 4.78 is 7.91. The Balaban J connectivity index is 1.63. The third-order valence-electron chi connectivity index (χ3n) is 5.73. The molecule has 0 spiro atoms. The molecule has 5 heteroatoms. The lowest BCUT2D eigenvalue weighted by molar-refractivity contribution is -0.693. The quantitative estimate of drug-likeness (QED) is 0.219. The van der Waals surface area contributed by atoms with Gasteiger partial charge in [-0.25, -0.2) is 4.57 Å². The molecule has 1 aromatic carbocycles. The lowest BCUT2D eigenvalue weighted by Crippen LogP contribution is -2.31. The molecule has 0 aliphatic heterocycles. The van der Waals surface area contributed by atoms with Crippen LogP contribution in [0.1, 0.15) is 94.0 Å². The van der Waals surface area contributed by atoms with E-state index in [-0.39, 0.29) is 5.91 Å². The van der Waals surface area contributed by atoms with Gasteiger partial charge in [-0.3, -0.25) is 4.79 Å². The lowest BCUT2D eigenvalue weighted by Gasteiger charge is -2.10. The number of hydrogen-bond donors (Lipinski definition) is 1. The molecule has 0 bridgehead atoms. The van der Waals surface area contributed by atoms with E-state index in [0.717, 1.165) is 18.5 Å². The van der Waals surface area contributed by atoms with Crippen LogP contribution in [0.3, 0.4) is 0 Å². The van der Waals surface area contributed by atoms with Crippen LogP contribution >= 0.6 is 11.6 Å². The van der Waals surface area contributed by atoms with E-state index in [0.29, 0.717) is 29.5 Å². The van der Waals surface area contributed by atoms with Crippen molar-refractivity contribution in [2.75, 3.05) is 6.61 Å². The number of pyridine rings is 1. The summed E-state index contributed by atoms with van der Waals surface area (Å²) in [6, 6.07) is 9.27. The number of amides is 1. The van der Waals surface area contributed by atoms with Crippen LogP contribution in [-0.2, 0) is 13.1 Å². The van der Waals surface area contributed by atoms with Gasteiger partial charge in [0.2, 0.25) is 0 Å². The molecule has 0 aliphatic rings. The van der Waals surface area contributed by atoms with Crippen LogP contribution in [0.25, 0.3) is 0 Å². The molecule has 0 saturated heterocycles. The zero-order chi connectivity index (χ0) is 23.0. The highest BCUT2D eigenvalue weighted by molar-refractivity contribution is 6.32. The molecule has 4 nitrogen and oxygen atoms in total. The second-order valence-electron chi connectivity index (χ2n) is 8.40. The van der Waals surface area contributed by atoms with E-state index in [9.17, 15) is 4.79 Å². The van der Waals surface area contributed by atoms with Crippen molar-refractivity contribution in [3.8, 4) is 5.75 Å². The molecule has 0 saturated carbocycles. The average molecular weight is 460 g/mol. The van der Waals surface area contributed by atoms with Gasteiger partial charge < -0.3 is 10.1 Å². The Kier molecular flexibility index (Phi) is 12.8. The van der Waals surface area contributed by atoms with Gasteiger partial charge in [0, 0.05) is 24.2 Å². The molecular weight excluding hydrogens is 420 g/mol. The second-order valence-corrected chi connectivity index (χ2v) is 8.80. The lowest BCUT2D eigenvalue weighted by atomic mass is 10.1. The van der Waals surface area contributed by atoms with Gasteiger partial charge in [-0.05, 0) is 37.1 Å². The molecule has 0 unspecified atom stereocenters. The minimum atomic E-state index is -0.139. The first-order valence-corrected chi connectivity index (χ1v) is 12.7. The topological polar surface area (TPSA) is 42.2 Å². The normalized spacial score (nSPS) is 10.8. The molecule has 2 aromatic rings. The first-order chi connectivity index (χ1) is 15.6. The van der Waals surface area contributed by atoms with E-state index in [1.807, 2.05) is 24.5 Å². The van der Waals surface area contributed by atoms with Crippen molar-refractivity contribution in [3.05, 3.63) is 58.9 Å². The van der Waals surface area contributed by atoms with Crippen molar-refractivity contribution in [2.24, 2.45) is 0 Å². The largest absolute Gasteiger partial charge is 0.492 e. The molecule has 1 N–H and O–H groups in total. The number of aryl methyl sites for hydroxylation is 1. The zero-order valence-corrected chi connectivity index (χ0v) is 20.6. The molecule has 176 valence electrons. The molecule has 0 atom stereocenters. The van der Waals surface area contributed by atoms with Crippen LogP contribution in [0.2, 0.25) is 5.02 Å². The number of hydrogen-bond acceptors (Lipinski definition) is 2. The Labute approximate surface area is 199 Å². The number of benzene rings is 1. The smallest absolute Gasteiger partial charge is 0.251 e. The van der Waals surface area contributed by atoms with E-state index in [2.05, 4.69) is 23.7 Å². The summed E-state index contributed by atoms with van der Waals surface area (Å²) in [6.07, 6.45) is 17.0. The van der Waals surface area contributed by atoms with Gasteiger partial charge in [-0.1, -0.05) is 76.3 Å². The molecule has 0 radical (unpaired) electrons. The van der Waals surface area contributed by atoms with Crippen molar-refractivity contribution < 1.29 is 14.1 Å². The van der Waals surface area contributed by atoms with E-state index in [4.69, 9.17) is 16.3 Å². The number of unbranched alkanes of at least 4 members (excludes halogenated alkanes) is 9. The number of ether oxygens (including phenoxy) is 1. The van der Waals surface area contributed by atoms with Gasteiger partial charge in [0.25, 0.3) is 5.91 Å². The number of carbonyl (C=O) groups excluding carboxylic acids is 1. The van der Waals surface area contributed by atoms with E-state index >= 15 is 0 Å². The number of nitrogens with zero attached hydrogens (tertiary/aromatic N) is 1. The van der Waals surface area contributed by atoms with Crippen molar-refractivity contribution in [2.45, 2.75) is 91.1 Å². The highest BCUT2D eigenvalue weighted by Crippen LogP contribution is 2.26. The van der Waals surface area contributed by atoms with Crippen molar-refractivity contribution in [1.29, 1.82) is 0 Å². The summed E-state index contributed by atoms with van der Waals surface area (Å²) in [5, 5.41) is 3.42. The zero-order valence-electron chi connectivity index (χ0n) is 19.9. The first kappa shape index (κ1) is 26.2. The minimum absolute atomic E-state index is 0.139. The fourth-order valence-electron chi connectivity index (χ4n) is 3.63. The predicted molar refractivity (Wildman–Crippen MR) is 132 cm³/mol. The van der Waals surface area contributed by atoms with Crippen LogP contribution < -0.4 is 14.6 Å². The fourth-order valence-corrected chi connectivity index (χ4v) is 3.87. The van der Waals surface area contributed by atoms with Gasteiger partial charge in [-0.2, -0.15) is 0 Å². The first-order valence-electron chi connectivity index (χ1n) is 12.3. The average Bonchev–Trinajstić information content (AvgIpc) is 2.82. The van der Waals surface area contributed by atoms with Crippen LogP contribution in [0.5, 0.6) is 5.75 Å². The van der Waals surface area contributed by atoms with E-state index in [1.165, 1.54) is 57.8 Å². The summed E-state index contributed by atoms with van der Waals surface area (Å²) in [5.41, 5.74) is 1.60. The van der Waals surface area contributed by atoms with Crippen LogP contribution in [0.4, 0.5) is 0 Å². The number of rotatable bonds is 16. The SMILES string of the molecule is CCCCCCCCCCCCOc1ccc(C(=O)NCc2cc[n+](CC)cc2)cc1Cl. The standard InChI is InChI=1S/C27H39ClN2O2/c1-3-5-6-7-8-9-10-11-12-13-20-32-26-15-14-24(21-25(26)28)27(31)29-22-23-16-18-30(4-2)19-17-23/h14-19,21H,3-13,20,22H2,1-2H3/p+1. The number of halogens is 1. The molecule has 0 aliphatic carbocycles. The van der Waals surface area contributed by atoms with Crippen molar-refractivity contribution in [3.63, 3.8) is 0 Å². The molecule has 1 heterocycles. The van der Waals surface area contributed by atoms with Gasteiger partial charge in [0.05, 0.1) is 11.6 Å². The number of carbonyl (C=O) groups is 1. The van der Waals surface area contributed by atoms with Crippen LogP contribution in [0.15, 0.2) is 42.7 Å². The summed E-state index contributed by atoms with van der Waals surface area (Å²) >= 11 is 6.35. The molecule has 2 rings (SSSR count). The molecule has 32 heavy (non-hydrogen) atoms. The van der Waals surface area contributed by atoms with Crippen molar-refractivity contribution >= 4 is 17.5 Å². The second kappa shape index (κ2) is 15.7. The summed E-state index contributed by atoms with van der Waals surface area (Å²) in [5.74, 6) is 0.506. The highest BCUT2D eigenvalue weighted by Gasteiger charge is 2.10. The molecule has 0 fully saturated rings. The Hall–Kier alpha value is -2.07. The van der Waals surface area contributed by atoms with Gasteiger partial charge in [0.15, 0.2) is 12.4 Å². The number of nitrogens with one attached hydrogen (secondary N) is 1. The maximum absolute atomic E-state index is 12.4. The maximum atomic E-state index is 12.4. The molecule has 1 amide bonds. The van der Waals surface area contributed by atoms with E-state index < -0.39 is 0 Å². The Morgan fingerprint density at radius 3 is 2.12 bits per heavy atom. The van der Waals surface area contributed by atoms with Crippen molar-refractivity contribution in [1.82, 2.24) is 5.32 Å². The summed E-state index contributed by atoms with van der Waals surface area (Å²) in [7, 11) is 0. The Morgan fingerprint density at radius 2 is 1.53 bits per heavy atom. The number of aromatic nitrogens is 1. The monoisotopic (exact) mass is 459 g/mol. The van der Waals surface area contributed by atoms with Crippen LogP contribution in [0, 0.1) is 0 Å². The van der Waals surface area contributed by atoms with E-state index in [1.54, 1.807) is 18.2 Å². The minimum Gasteiger partial charge on any atom is -0.492 e. The highest BCUT2D eigenvalue weighted by atomic mass is 35.5.